The molecule has 0 saturated carbocycles. The van der Waals surface area contributed by atoms with Crippen LogP contribution >= 0.6 is 0 Å². The number of benzene rings is 1. The van der Waals surface area contributed by atoms with Crippen molar-refractivity contribution in [2.45, 2.75) is 39.7 Å². The fraction of sp³-hybridized carbons (Fsp3) is 0.588. The molecule has 3 heteroatoms. The molecule has 1 heterocycles. The van der Waals surface area contributed by atoms with Crippen LogP contribution in [-0.2, 0) is 6.54 Å². The molecule has 1 atom stereocenters. The van der Waals surface area contributed by atoms with Gasteiger partial charge in [-0.25, -0.2) is 4.79 Å². The summed E-state index contributed by atoms with van der Waals surface area (Å²) < 4.78 is 0. The zero-order valence-corrected chi connectivity index (χ0v) is 12.5. The molecule has 1 aliphatic rings. The maximum atomic E-state index is 10.8. The molecule has 0 radical (unpaired) electrons. The van der Waals surface area contributed by atoms with Crippen LogP contribution in [0.1, 0.15) is 49.0 Å². The van der Waals surface area contributed by atoms with E-state index in [1.807, 2.05) is 12.1 Å². The zero-order chi connectivity index (χ0) is 14.5. The predicted molar refractivity (Wildman–Crippen MR) is 80.9 cm³/mol. The van der Waals surface area contributed by atoms with Crippen LogP contribution in [-0.4, -0.2) is 29.1 Å². The van der Waals surface area contributed by atoms with E-state index in [4.69, 9.17) is 5.11 Å². The minimum Gasteiger partial charge on any atom is -0.478 e. The van der Waals surface area contributed by atoms with Gasteiger partial charge in [-0.3, -0.25) is 4.90 Å². The lowest BCUT2D eigenvalue weighted by Gasteiger charge is -2.33. The molecule has 110 valence electrons. The van der Waals surface area contributed by atoms with Crippen LogP contribution in [0.15, 0.2) is 24.3 Å². The summed E-state index contributed by atoms with van der Waals surface area (Å²) in [7, 11) is 0. The number of hydrogen-bond acceptors (Lipinski definition) is 2. The van der Waals surface area contributed by atoms with Gasteiger partial charge in [-0.2, -0.15) is 0 Å². The van der Waals surface area contributed by atoms with E-state index in [0.29, 0.717) is 5.56 Å². The van der Waals surface area contributed by atoms with Gasteiger partial charge in [-0.1, -0.05) is 26.0 Å². The molecular weight excluding hydrogens is 250 g/mol. The minimum absolute atomic E-state index is 0.366. The number of carbonyl (C=O) groups is 1. The van der Waals surface area contributed by atoms with E-state index in [-0.39, 0.29) is 0 Å². The van der Waals surface area contributed by atoms with Gasteiger partial charge in [-0.15, -0.1) is 0 Å². The average Bonchev–Trinajstić information content (AvgIpc) is 2.39. The summed E-state index contributed by atoms with van der Waals surface area (Å²) in [5.41, 5.74) is 1.57. The first-order chi connectivity index (χ1) is 9.54. The van der Waals surface area contributed by atoms with Gasteiger partial charge in [0.2, 0.25) is 0 Å². The summed E-state index contributed by atoms with van der Waals surface area (Å²) in [5, 5.41) is 8.91. The molecule has 0 aromatic heterocycles. The van der Waals surface area contributed by atoms with Gasteiger partial charge in [0, 0.05) is 13.1 Å². The molecule has 0 aliphatic carbocycles. The first-order valence-corrected chi connectivity index (χ1v) is 7.59. The molecule has 0 spiro atoms. The highest BCUT2D eigenvalue weighted by Crippen LogP contribution is 2.24. The Kier molecular flexibility index (Phi) is 5.18. The van der Waals surface area contributed by atoms with Crippen LogP contribution in [0.4, 0.5) is 0 Å². The first-order valence-electron chi connectivity index (χ1n) is 7.59. The van der Waals surface area contributed by atoms with Gasteiger partial charge < -0.3 is 5.11 Å². The Morgan fingerprint density at radius 3 is 2.65 bits per heavy atom. The number of piperidine rings is 1. The van der Waals surface area contributed by atoms with E-state index in [9.17, 15) is 4.79 Å². The Balaban J connectivity index is 1.90. The molecule has 1 fully saturated rings. The first kappa shape index (κ1) is 15.0. The average molecular weight is 275 g/mol. The quantitative estimate of drug-likeness (QED) is 0.892. The Bertz CT molecular complexity index is 439. The highest BCUT2D eigenvalue weighted by molar-refractivity contribution is 5.87. The lowest BCUT2D eigenvalue weighted by atomic mass is 9.89. The molecule has 1 unspecified atom stereocenters. The summed E-state index contributed by atoms with van der Waals surface area (Å²) >= 11 is 0. The van der Waals surface area contributed by atoms with E-state index >= 15 is 0 Å². The van der Waals surface area contributed by atoms with Crippen LogP contribution in [0.5, 0.6) is 0 Å². The summed E-state index contributed by atoms with van der Waals surface area (Å²) in [5.74, 6) is 0.739. The Hall–Kier alpha value is -1.35. The van der Waals surface area contributed by atoms with Crippen LogP contribution < -0.4 is 0 Å². The molecule has 20 heavy (non-hydrogen) atoms. The van der Waals surface area contributed by atoms with Crippen molar-refractivity contribution < 1.29 is 9.90 Å². The maximum absolute atomic E-state index is 10.8. The lowest BCUT2D eigenvalue weighted by molar-refractivity contribution is 0.0697. The smallest absolute Gasteiger partial charge is 0.335 e. The van der Waals surface area contributed by atoms with E-state index < -0.39 is 5.97 Å². The standard InChI is InChI=1S/C17H25NO2/c1-13(2)10-15-4-3-9-18(12-15)11-14-5-7-16(8-6-14)17(19)20/h5-8,13,15H,3-4,9-12H2,1-2H3,(H,19,20). The normalized spacial score (nSPS) is 20.2. The number of likely N-dealkylation sites (tertiary alicyclic amines) is 1. The Labute approximate surface area is 121 Å². The minimum atomic E-state index is -0.855. The third kappa shape index (κ3) is 4.34. The zero-order valence-electron chi connectivity index (χ0n) is 12.5. The summed E-state index contributed by atoms with van der Waals surface area (Å²) in [4.78, 5) is 13.3. The number of aromatic carboxylic acids is 1. The number of hydrogen-bond donors (Lipinski definition) is 1. The second-order valence-electron chi connectivity index (χ2n) is 6.37. The Morgan fingerprint density at radius 2 is 2.05 bits per heavy atom. The second kappa shape index (κ2) is 6.89. The SMILES string of the molecule is CC(C)CC1CCCN(Cc2ccc(C(=O)O)cc2)C1. The van der Waals surface area contributed by atoms with E-state index in [2.05, 4.69) is 18.7 Å². The predicted octanol–water partition coefficient (Wildman–Crippen LogP) is 3.64. The van der Waals surface area contributed by atoms with E-state index in [0.717, 1.165) is 24.9 Å². The van der Waals surface area contributed by atoms with Crippen molar-refractivity contribution in [3.05, 3.63) is 35.4 Å². The summed E-state index contributed by atoms with van der Waals surface area (Å²) in [6, 6.07) is 7.28. The van der Waals surface area contributed by atoms with Gasteiger partial charge in [0.05, 0.1) is 5.56 Å². The van der Waals surface area contributed by atoms with Crippen molar-refractivity contribution >= 4 is 5.97 Å². The van der Waals surface area contributed by atoms with Crippen LogP contribution in [0.3, 0.4) is 0 Å². The molecule has 1 aromatic rings. The third-order valence-corrected chi connectivity index (χ3v) is 4.01. The highest BCUT2D eigenvalue weighted by Gasteiger charge is 2.20. The van der Waals surface area contributed by atoms with E-state index in [1.54, 1.807) is 12.1 Å². The third-order valence-electron chi connectivity index (χ3n) is 4.01. The summed E-state index contributed by atoms with van der Waals surface area (Å²) in [6.45, 7) is 7.87. The highest BCUT2D eigenvalue weighted by atomic mass is 16.4. The van der Waals surface area contributed by atoms with Crippen molar-refractivity contribution in [1.82, 2.24) is 4.90 Å². The molecule has 1 saturated heterocycles. The largest absolute Gasteiger partial charge is 0.478 e. The van der Waals surface area contributed by atoms with Crippen molar-refractivity contribution in [3.63, 3.8) is 0 Å². The van der Waals surface area contributed by atoms with Crippen molar-refractivity contribution in [2.75, 3.05) is 13.1 Å². The van der Waals surface area contributed by atoms with Crippen LogP contribution in [0.2, 0.25) is 0 Å². The van der Waals surface area contributed by atoms with Crippen molar-refractivity contribution in [1.29, 1.82) is 0 Å². The molecule has 3 nitrogen and oxygen atoms in total. The molecular formula is C17H25NO2. The second-order valence-corrected chi connectivity index (χ2v) is 6.37. The molecule has 0 bridgehead atoms. The van der Waals surface area contributed by atoms with Crippen molar-refractivity contribution in [2.24, 2.45) is 11.8 Å². The molecule has 1 N–H and O–H groups in total. The van der Waals surface area contributed by atoms with Gasteiger partial charge in [0.1, 0.15) is 0 Å². The van der Waals surface area contributed by atoms with Crippen LogP contribution in [0.25, 0.3) is 0 Å². The topological polar surface area (TPSA) is 40.5 Å². The number of nitrogens with zero attached hydrogens (tertiary/aromatic N) is 1. The van der Waals surface area contributed by atoms with Crippen molar-refractivity contribution in [3.8, 4) is 0 Å². The van der Waals surface area contributed by atoms with Gasteiger partial charge >= 0.3 is 5.97 Å². The van der Waals surface area contributed by atoms with E-state index in [1.165, 1.54) is 31.4 Å². The number of carboxylic acids is 1. The fourth-order valence-corrected chi connectivity index (χ4v) is 3.16. The fourth-order valence-electron chi connectivity index (χ4n) is 3.16. The molecule has 1 aliphatic heterocycles. The van der Waals surface area contributed by atoms with Gasteiger partial charge in [-0.05, 0) is 55.3 Å². The maximum Gasteiger partial charge on any atom is 0.335 e. The monoisotopic (exact) mass is 275 g/mol. The molecule has 0 amide bonds. The van der Waals surface area contributed by atoms with Gasteiger partial charge in [0.15, 0.2) is 0 Å². The number of rotatable bonds is 5. The molecule has 1 aromatic carbocycles. The molecule has 2 rings (SSSR count). The lowest BCUT2D eigenvalue weighted by Crippen LogP contribution is -2.35. The van der Waals surface area contributed by atoms with Crippen LogP contribution in [0, 0.1) is 11.8 Å². The Morgan fingerprint density at radius 1 is 1.35 bits per heavy atom. The number of carboxylic acid groups (broad SMARTS) is 1. The van der Waals surface area contributed by atoms with Gasteiger partial charge in [0.25, 0.3) is 0 Å². The summed E-state index contributed by atoms with van der Waals surface area (Å²) in [6.07, 6.45) is 3.95.